The lowest BCUT2D eigenvalue weighted by Crippen LogP contribution is -2.29. The Morgan fingerprint density at radius 3 is 2.75 bits per heavy atom. The highest BCUT2D eigenvalue weighted by molar-refractivity contribution is 7.89. The minimum absolute atomic E-state index is 0.0577. The predicted molar refractivity (Wildman–Crippen MR) is 101 cm³/mol. The van der Waals surface area contributed by atoms with Gasteiger partial charge in [-0.3, -0.25) is 0 Å². The van der Waals surface area contributed by atoms with Gasteiger partial charge in [0.2, 0.25) is 10.0 Å². The van der Waals surface area contributed by atoms with E-state index in [1.807, 2.05) is 0 Å². The summed E-state index contributed by atoms with van der Waals surface area (Å²) < 4.78 is 47.3. The van der Waals surface area contributed by atoms with Crippen molar-refractivity contribution in [2.45, 2.75) is 11.8 Å². The van der Waals surface area contributed by atoms with Gasteiger partial charge in [-0.15, -0.1) is 0 Å². The fourth-order valence-electron chi connectivity index (χ4n) is 2.48. The van der Waals surface area contributed by atoms with Gasteiger partial charge in [-0.2, -0.15) is 5.10 Å². The first-order valence-corrected chi connectivity index (χ1v) is 9.80. The van der Waals surface area contributed by atoms with Gasteiger partial charge >= 0.3 is 0 Å². The lowest BCUT2D eigenvalue weighted by molar-refractivity contribution is 0.400. The number of nitrogens with one attached hydrogen (secondary N) is 2. The number of nitrogens with zero attached hydrogens (tertiary/aromatic N) is 4. The summed E-state index contributed by atoms with van der Waals surface area (Å²) in [5, 5.41) is 7.15. The van der Waals surface area contributed by atoms with Crippen LogP contribution in [-0.4, -0.2) is 48.4 Å². The second kappa shape index (κ2) is 8.31. The zero-order valence-corrected chi connectivity index (χ0v) is 16.1. The van der Waals surface area contributed by atoms with Gasteiger partial charge in [0.1, 0.15) is 28.1 Å². The molecule has 0 amide bonds. The Labute approximate surface area is 161 Å². The van der Waals surface area contributed by atoms with E-state index in [1.165, 1.54) is 13.2 Å². The number of hydrogen-bond acceptors (Lipinski definition) is 7. The first-order valence-electron chi connectivity index (χ1n) is 8.32. The van der Waals surface area contributed by atoms with Crippen molar-refractivity contribution in [3.05, 3.63) is 54.4 Å². The van der Waals surface area contributed by atoms with Crippen LogP contribution in [0.25, 0.3) is 5.82 Å². The Bertz CT molecular complexity index is 1060. The highest BCUT2D eigenvalue weighted by Gasteiger charge is 2.19. The molecule has 148 valence electrons. The molecule has 0 aliphatic rings. The Kier molecular flexibility index (Phi) is 5.85. The standard InChI is InChI=1S/C17H19FN6O3S/c1-12-22-16(11-17(23-12)24-9-3-6-20-24)19-7-8-21-28(25,26)15-10-13(18)4-5-14(15)27-2/h3-6,9-11,21H,7-8H2,1-2H3,(H,19,22,23). The average Bonchev–Trinajstić information content (AvgIpc) is 3.20. The van der Waals surface area contributed by atoms with Gasteiger partial charge in [-0.25, -0.2) is 32.2 Å². The van der Waals surface area contributed by atoms with Crippen LogP contribution in [0.2, 0.25) is 0 Å². The van der Waals surface area contributed by atoms with E-state index in [1.54, 1.807) is 36.1 Å². The van der Waals surface area contributed by atoms with Crippen LogP contribution >= 0.6 is 0 Å². The number of anilines is 1. The lowest BCUT2D eigenvalue weighted by atomic mass is 10.3. The molecule has 0 aliphatic heterocycles. The zero-order chi connectivity index (χ0) is 20.1. The second-order valence-corrected chi connectivity index (χ2v) is 7.46. The van der Waals surface area contributed by atoms with Gasteiger partial charge in [0.05, 0.1) is 7.11 Å². The number of benzene rings is 1. The van der Waals surface area contributed by atoms with Crippen LogP contribution in [0.1, 0.15) is 5.82 Å². The van der Waals surface area contributed by atoms with E-state index in [-0.39, 0.29) is 23.7 Å². The Morgan fingerprint density at radius 1 is 1.21 bits per heavy atom. The molecule has 0 saturated heterocycles. The summed E-state index contributed by atoms with van der Waals surface area (Å²) in [4.78, 5) is 8.31. The molecule has 3 rings (SSSR count). The first-order chi connectivity index (χ1) is 13.4. The first kappa shape index (κ1) is 19.7. The van der Waals surface area contributed by atoms with Crippen molar-refractivity contribution >= 4 is 15.8 Å². The smallest absolute Gasteiger partial charge is 0.244 e. The van der Waals surface area contributed by atoms with Crippen LogP contribution in [-0.2, 0) is 10.0 Å². The maximum absolute atomic E-state index is 13.4. The molecule has 2 aromatic heterocycles. The van der Waals surface area contributed by atoms with Crippen molar-refractivity contribution in [3.63, 3.8) is 0 Å². The molecule has 0 aliphatic carbocycles. The highest BCUT2D eigenvalue weighted by atomic mass is 32.2. The molecular formula is C17H19FN6O3S. The molecule has 28 heavy (non-hydrogen) atoms. The molecule has 0 spiro atoms. The molecule has 11 heteroatoms. The summed E-state index contributed by atoms with van der Waals surface area (Å²) >= 11 is 0. The van der Waals surface area contributed by atoms with E-state index < -0.39 is 15.8 Å². The Morgan fingerprint density at radius 2 is 2.04 bits per heavy atom. The van der Waals surface area contributed by atoms with Crippen molar-refractivity contribution in [2.75, 3.05) is 25.5 Å². The third-order valence-corrected chi connectivity index (χ3v) is 5.18. The third-order valence-electron chi connectivity index (χ3n) is 3.70. The van der Waals surface area contributed by atoms with Crippen LogP contribution < -0.4 is 14.8 Å². The molecular weight excluding hydrogens is 387 g/mol. The molecule has 0 radical (unpaired) electrons. The molecule has 2 heterocycles. The van der Waals surface area contributed by atoms with Crippen LogP contribution in [0.3, 0.4) is 0 Å². The van der Waals surface area contributed by atoms with Crippen LogP contribution in [0.4, 0.5) is 10.2 Å². The predicted octanol–water partition coefficient (Wildman–Crippen LogP) is 1.51. The number of methoxy groups -OCH3 is 1. The minimum Gasteiger partial charge on any atom is -0.495 e. The monoisotopic (exact) mass is 406 g/mol. The van der Waals surface area contributed by atoms with Gasteiger partial charge in [-0.1, -0.05) is 0 Å². The average molecular weight is 406 g/mol. The van der Waals surface area contributed by atoms with Crippen molar-refractivity contribution in [1.29, 1.82) is 0 Å². The number of aryl methyl sites for hydroxylation is 1. The van der Waals surface area contributed by atoms with E-state index >= 15 is 0 Å². The third kappa shape index (κ3) is 4.61. The largest absolute Gasteiger partial charge is 0.495 e. The van der Waals surface area contributed by atoms with Crippen molar-refractivity contribution in [1.82, 2.24) is 24.5 Å². The quantitative estimate of drug-likeness (QED) is 0.546. The number of hydrogen-bond donors (Lipinski definition) is 2. The fourth-order valence-corrected chi connectivity index (χ4v) is 3.69. The van der Waals surface area contributed by atoms with Crippen LogP contribution in [0, 0.1) is 12.7 Å². The number of sulfonamides is 1. The summed E-state index contributed by atoms with van der Waals surface area (Å²) in [6.45, 7) is 2.06. The molecule has 2 N–H and O–H groups in total. The lowest BCUT2D eigenvalue weighted by Gasteiger charge is -2.12. The zero-order valence-electron chi connectivity index (χ0n) is 15.3. The molecule has 0 fully saturated rings. The molecule has 0 unspecified atom stereocenters. The van der Waals surface area contributed by atoms with E-state index in [0.29, 0.717) is 17.5 Å². The number of halogens is 1. The van der Waals surface area contributed by atoms with Crippen LogP contribution in [0.15, 0.2) is 47.6 Å². The topological polar surface area (TPSA) is 111 Å². The maximum Gasteiger partial charge on any atom is 0.244 e. The number of rotatable bonds is 8. The molecule has 1 aromatic carbocycles. The molecule has 3 aromatic rings. The van der Waals surface area contributed by atoms with Gasteiger partial charge in [0.15, 0.2) is 5.82 Å². The second-order valence-electron chi connectivity index (χ2n) is 5.73. The van der Waals surface area contributed by atoms with Crippen molar-refractivity contribution in [3.8, 4) is 11.6 Å². The van der Waals surface area contributed by atoms with E-state index in [0.717, 1.165) is 12.1 Å². The molecule has 0 saturated carbocycles. The SMILES string of the molecule is COc1ccc(F)cc1S(=O)(=O)NCCNc1cc(-n2cccn2)nc(C)n1. The van der Waals surface area contributed by atoms with Gasteiger partial charge < -0.3 is 10.1 Å². The normalized spacial score (nSPS) is 11.4. The summed E-state index contributed by atoms with van der Waals surface area (Å²) in [5.41, 5.74) is 0. The number of ether oxygens (including phenoxy) is 1. The van der Waals surface area contributed by atoms with Gasteiger partial charge in [-0.05, 0) is 31.2 Å². The van der Waals surface area contributed by atoms with E-state index in [9.17, 15) is 12.8 Å². The Balaban J connectivity index is 1.64. The summed E-state index contributed by atoms with van der Waals surface area (Å²) in [7, 11) is -2.61. The Hall–Kier alpha value is -3.05. The number of aromatic nitrogens is 4. The van der Waals surface area contributed by atoms with E-state index in [2.05, 4.69) is 25.1 Å². The van der Waals surface area contributed by atoms with E-state index in [4.69, 9.17) is 4.74 Å². The van der Waals surface area contributed by atoms with Crippen molar-refractivity contribution < 1.29 is 17.5 Å². The molecule has 0 atom stereocenters. The van der Waals surface area contributed by atoms with Gasteiger partial charge in [0.25, 0.3) is 0 Å². The highest BCUT2D eigenvalue weighted by Crippen LogP contribution is 2.24. The van der Waals surface area contributed by atoms with Crippen molar-refractivity contribution in [2.24, 2.45) is 0 Å². The molecule has 9 nitrogen and oxygen atoms in total. The van der Waals surface area contributed by atoms with Gasteiger partial charge in [0, 0.05) is 31.5 Å². The van der Waals surface area contributed by atoms with Crippen LogP contribution in [0.5, 0.6) is 5.75 Å². The summed E-state index contributed by atoms with van der Waals surface area (Å²) in [6.07, 6.45) is 3.39. The minimum atomic E-state index is -3.93. The molecule has 0 bridgehead atoms. The summed E-state index contributed by atoms with van der Waals surface area (Å²) in [6, 6.07) is 6.79. The summed E-state index contributed by atoms with van der Waals surface area (Å²) in [5.74, 6) is 1.06. The maximum atomic E-state index is 13.4. The fraction of sp³-hybridized carbons (Fsp3) is 0.235.